The minimum Gasteiger partial charge on any atom is -0.454 e. The normalized spacial score (nSPS) is 11.3. The molecule has 0 atom stereocenters. The molecule has 0 unspecified atom stereocenters. The van der Waals surface area contributed by atoms with Gasteiger partial charge in [0.25, 0.3) is 0 Å². The monoisotopic (exact) mass is 324 g/mol. The Balaban J connectivity index is 2.18. The van der Waals surface area contributed by atoms with Crippen LogP contribution in [0.25, 0.3) is 0 Å². The van der Waals surface area contributed by atoms with Crippen molar-refractivity contribution in [3.05, 3.63) is 71.8 Å². The van der Waals surface area contributed by atoms with Gasteiger partial charge in [-0.1, -0.05) is 60.7 Å². The highest BCUT2D eigenvalue weighted by Gasteiger charge is 2.30. The molecule has 2 aromatic carbocycles. The maximum atomic E-state index is 12.7. The zero-order valence-corrected chi connectivity index (χ0v) is 14.5. The molecule has 24 heavy (non-hydrogen) atoms. The molecule has 0 aliphatic carbocycles. The second-order valence-electron chi connectivity index (χ2n) is 6.94. The van der Waals surface area contributed by atoms with Gasteiger partial charge in [0.1, 0.15) is 5.60 Å². The van der Waals surface area contributed by atoms with E-state index in [4.69, 9.17) is 4.74 Å². The first-order chi connectivity index (χ1) is 11.3. The number of ketones is 1. The fourth-order valence-corrected chi connectivity index (χ4v) is 2.55. The molecule has 0 heterocycles. The van der Waals surface area contributed by atoms with Gasteiger partial charge in [0.05, 0.1) is 0 Å². The van der Waals surface area contributed by atoms with Gasteiger partial charge in [-0.2, -0.15) is 0 Å². The van der Waals surface area contributed by atoms with E-state index < -0.39 is 23.3 Å². The third kappa shape index (κ3) is 5.65. The molecule has 3 heteroatoms. The summed E-state index contributed by atoms with van der Waals surface area (Å²) in [5, 5.41) is 0. The van der Waals surface area contributed by atoms with Crippen LogP contribution in [0.3, 0.4) is 0 Å². The molecule has 0 N–H and O–H groups in total. The number of carbonyl (C=O) groups is 2. The van der Waals surface area contributed by atoms with Gasteiger partial charge in [-0.3, -0.25) is 4.79 Å². The Morgan fingerprint density at radius 2 is 1.25 bits per heavy atom. The summed E-state index contributed by atoms with van der Waals surface area (Å²) in [4.78, 5) is 24.9. The van der Waals surface area contributed by atoms with Gasteiger partial charge >= 0.3 is 5.97 Å². The number of hydrogen-bond acceptors (Lipinski definition) is 3. The summed E-state index contributed by atoms with van der Waals surface area (Å²) in [7, 11) is 0. The van der Waals surface area contributed by atoms with E-state index in [9.17, 15) is 9.59 Å². The lowest BCUT2D eigenvalue weighted by atomic mass is 9.89. The summed E-state index contributed by atoms with van der Waals surface area (Å²) < 4.78 is 5.27. The van der Waals surface area contributed by atoms with Crippen LogP contribution in [0.5, 0.6) is 0 Å². The lowest BCUT2D eigenvalue weighted by Crippen LogP contribution is -2.34. The van der Waals surface area contributed by atoms with Crippen LogP contribution >= 0.6 is 0 Å². The van der Waals surface area contributed by atoms with Gasteiger partial charge in [-0.25, -0.2) is 4.79 Å². The smallest absolute Gasteiger partial charge is 0.375 e. The number of hydrogen-bond donors (Lipinski definition) is 0. The van der Waals surface area contributed by atoms with Crippen LogP contribution in [0.1, 0.15) is 31.9 Å². The fourth-order valence-electron chi connectivity index (χ4n) is 2.55. The highest BCUT2D eigenvalue weighted by atomic mass is 16.6. The fraction of sp³-hybridized carbons (Fsp3) is 0.333. The summed E-state index contributed by atoms with van der Waals surface area (Å²) in [5.41, 5.74) is 1.40. The molecule has 0 spiro atoms. The van der Waals surface area contributed by atoms with Gasteiger partial charge < -0.3 is 4.74 Å². The second-order valence-corrected chi connectivity index (χ2v) is 6.94. The van der Waals surface area contributed by atoms with Crippen LogP contribution in [-0.4, -0.2) is 17.4 Å². The van der Waals surface area contributed by atoms with E-state index in [0.29, 0.717) is 12.8 Å². The molecule has 2 aromatic rings. The van der Waals surface area contributed by atoms with E-state index in [0.717, 1.165) is 11.1 Å². The van der Waals surface area contributed by atoms with Gasteiger partial charge in [-0.05, 0) is 44.7 Å². The molecule has 0 saturated heterocycles. The third-order valence-corrected chi connectivity index (χ3v) is 3.62. The van der Waals surface area contributed by atoms with Crippen molar-refractivity contribution in [2.75, 3.05) is 0 Å². The molecular weight excluding hydrogens is 300 g/mol. The number of carbonyl (C=O) groups excluding carboxylic acids is 2. The first-order valence-corrected chi connectivity index (χ1v) is 8.20. The summed E-state index contributed by atoms with van der Waals surface area (Å²) in [6.07, 6.45) is 1.04. The minimum atomic E-state index is -0.751. The van der Waals surface area contributed by atoms with Crippen molar-refractivity contribution >= 4 is 11.8 Å². The molecule has 0 aromatic heterocycles. The molecule has 0 radical (unpaired) electrons. The second kappa shape index (κ2) is 7.91. The van der Waals surface area contributed by atoms with Crippen molar-refractivity contribution in [2.24, 2.45) is 5.92 Å². The largest absolute Gasteiger partial charge is 0.454 e. The van der Waals surface area contributed by atoms with E-state index in [1.165, 1.54) is 0 Å². The summed E-state index contributed by atoms with van der Waals surface area (Å²) in [6.45, 7) is 5.30. The van der Waals surface area contributed by atoms with Gasteiger partial charge in [0.15, 0.2) is 0 Å². The van der Waals surface area contributed by atoms with Crippen LogP contribution < -0.4 is 0 Å². The average Bonchev–Trinajstić information content (AvgIpc) is 2.54. The molecule has 0 bridgehead atoms. The van der Waals surface area contributed by atoms with Crippen LogP contribution in [0.15, 0.2) is 60.7 Å². The maximum Gasteiger partial charge on any atom is 0.375 e. The molecule has 0 amide bonds. The van der Waals surface area contributed by atoms with E-state index >= 15 is 0 Å². The molecule has 0 saturated carbocycles. The summed E-state index contributed by atoms with van der Waals surface area (Å²) in [5.74, 6) is -1.64. The molecule has 126 valence electrons. The quantitative estimate of drug-likeness (QED) is 0.596. The number of ether oxygens (including phenoxy) is 1. The predicted octanol–water partition coefficient (Wildman–Crippen LogP) is 4.00. The van der Waals surface area contributed by atoms with E-state index in [-0.39, 0.29) is 0 Å². The molecule has 0 aliphatic rings. The van der Waals surface area contributed by atoms with E-state index in [1.807, 2.05) is 60.7 Å². The van der Waals surface area contributed by atoms with Gasteiger partial charge in [0.2, 0.25) is 5.78 Å². The van der Waals surface area contributed by atoms with Crippen molar-refractivity contribution in [3.63, 3.8) is 0 Å². The summed E-state index contributed by atoms with van der Waals surface area (Å²) in [6, 6.07) is 19.5. The minimum absolute atomic E-state index is 0.426. The standard InChI is InChI=1S/C21H24O3/c1-21(2,3)24-20(23)19(22)18(14-16-10-6-4-7-11-16)15-17-12-8-5-9-13-17/h4-13,18H,14-15H2,1-3H3. The van der Waals surface area contributed by atoms with Crippen molar-refractivity contribution in [2.45, 2.75) is 39.2 Å². The SMILES string of the molecule is CC(C)(C)OC(=O)C(=O)C(Cc1ccccc1)Cc1ccccc1. The van der Waals surface area contributed by atoms with Gasteiger partial charge in [0, 0.05) is 5.92 Å². The Morgan fingerprint density at radius 1 is 0.833 bits per heavy atom. The Hall–Kier alpha value is -2.42. The number of benzene rings is 2. The number of esters is 1. The predicted molar refractivity (Wildman–Crippen MR) is 94.6 cm³/mol. The zero-order chi connectivity index (χ0) is 17.6. The highest BCUT2D eigenvalue weighted by molar-refractivity contribution is 6.34. The Labute approximate surface area is 143 Å². The highest BCUT2D eigenvalue weighted by Crippen LogP contribution is 2.18. The third-order valence-electron chi connectivity index (χ3n) is 3.62. The molecule has 0 aliphatic heterocycles. The lowest BCUT2D eigenvalue weighted by Gasteiger charge is -2.21. The summed E-state index contributed by atoms with van der Waals surface area (Å²) >= 11 is 0. The van der Waals surface area contributed by atoms with Gasteiger partial charge in [-0.15, -0.1) is 0 Å². The first kappa shape index (κ1) is 17.9. The molecule has 3 nitrogen and oxygen atoms in total. The van der Waals surface area contributed by atoms with Crippen molar-refractivity contribution in [3.8, 4) is 0 Å². The number of rotatable bonds is 6. The molecule has 2 rings (SSSR count). The Bertz CT molecular complexity index is 628. The number of Topliss-reactive ketones (excluding diaryl/α,β-unsaturated/α-hetero) is 1. The van der Waals surface area contributed by atoms with E-state index in [1.54, 1.807) is 20.8 Å². The van der Waals surface area contributed by atoms with E-state index in [2.05, 4.69) is 0 Å². The maximum absolute atomic E-state index is 12.7. The lowest BCUT2D eigenvalue weighted by molar-refractivity contribution is -0.164. The van der Waals surface area contributed by atoms with Crippen LogP contribution in [0.4, 0.5) is 0 Å². The Morgan fingerprint density at radius 3 is 1.62 bits per heavy atom. The van der Waals surface area contributed by atoms with Crippen LogP contribution in [-0.2, 0) is 27.2 Å². The Kier molecular flexibility index (Phi) is 5.91. The van der Waals surface area contributed by atoms with Crippen LogP contribution in [0, 0.1) is 5.92 Å². The molecular formula is C21H24O3. The van der Waals surface area contributed by atoms with Crippen LogP contribution in [0.2, 0.25) is 0 Å². The van der Waals surface area contributed by atoms with Crippen molar-refractivity contribution in [1.29, 1.82) is 0 Å². The zero-order valence-electron chi connectivity index (χ0n) is 14.5. The van der Waals surface area contributed by atoms with Crippen molar-refractivity contribution < 1.29 is 14.3 Å². The van der Waals surface area contributed by atoms with Crippen molar-refractivity contribution in [1.82, 2.24) is 0 Å². The first-order valence-electron chi connectivity index (χ1n) is 8.20. The molecule has 0 fully saturated rings. The average molecular weight is 324 g/mol. The topological polar surface area (TPSA) is 43.4 Å².